The van der Waals surface area contributed by atoms with E-state index in [-0.39, 0.29) is 38.5 Å². The number of carbonyl (C=O) groups is 18. The first-order valence-corrected chi connectivity index (χ1v) is 30.1. The van der Waals surface area contributed by atoms with E-state index in [1.165, 1.54) is 0 Å². The summed E-state index contributed by atoms with van der Waals surface area (Å²) >= 11 is 0. The molecule has 0 aromatic heterocycles. The van der Waals surface area contributed by atoms with Gasteiger partial charge < -0.3 is 79.9 Å². The van der Waals surface area contributed by atoms with Crippen LogP contribution >= 0.6 is 0 Å². The lowest BCUT2D eigenvalue weighted by atomic mass is 9.85. The molecular formula is C63H68O34. The largest absolute Gasteiger partial charge is 0.478 e. The molecule has 0 unspecified atom stereocenters. The number of aromatic carboxylic acids is 11. The minimum Gasteiger partial charge on any atom is -0.478 e. The number of benzene rings is 3. The highest BCUT2D eigenvalue weighted by Crippen LogP contribution is 2.37. The normalized spacial score (nSPS) is 10.8. The molecule has 0 aliphatic carbocycles. The number of carbonyl (C=O) groups excluding carboxylic acids is 7. The molecule has 0 spiro atoms. The first kappa shape index (κ1) is 79.8. The number of hydrogen-bond acceptors (Lipinski definition) is 23. The third-order valence-corrected chi connectivity index (χ3v) is 14.6. The summed E-state index contributed by atoms with van der Waals surface area (Å²) in [4.78, 5) is 246. The van der Waals surface area contributed by atoms with Crippen LogP contribution in [-0.4, -0.2) is 183 Å². The van der Waals surface area contributed by atoms with Crippen molar-refractivity contribution in [2.24, 2.45) is 0 Å². The lowest BCUT2D eigenvalue weighted by molar-refractivity contribution is 0.0339. The Kier molecular flexibility index (Phi) is 30.8. The number of carboxylic acid groups (broad SMARTS) is 11. The summed E-state index contributed by atoms with van der Waals surface area (Å²) in [7, 11) is 0. The molecule has 34 heteroatoms. The van der Waals surface area contributed by atoms with Gasteiger partial charge in [0.15, 0.2) is 0 Å². The van der Waals surface area contributed by atoms with E-state index in [2.05, 4.69) is 0 Å². The molecule has 0 amide bonds. The average molecular weight is 1370 g/mol. The minimum absolute atomic E-state index is 0.0675. The Morgan fingerprint density at radius 1 is 0.186 bits per heavy atom. The third kappa shape index (κ3) is 19.8. The van der Waals surface area contributed by atoms with Gasteiger partial charge in [0.1, 0.15) is 0 Å². The van der Waals surface area contributed by atoms with E-state index in [4.69, 9.17) is 23.7 Å². The Labute approximate surface area is 547 Å². The summed E-state index contributed by atoms with van der Waals surface area (Å²) in [6.07, 6.45) is 11.4. The topological polar surface area (TPSA) is 576 Å². The molecule has 11 N–H and O–H groups in total. The van der Waals surface area contributed by atoms with Crippen LogP contribution in [0.2, 0.25) is 0 Å². The van der Waals surface area contributed by atoms with Crippen LogP contribution in [-0.2, 0) is 23.7 Å². The maximum atomic E-state index is 15.3. The van der Waals surface area contributed by atoms with Crippen molar-refractivity contribution < 1.29 is 166 Å². The molecule has 3 aromatic rings. The van der Waals surface area contributed by atoms with Crippen LogP contribution in [0.3, 0.4) is 0 Å². The van der Waals surface area contributed by atoms with Gasteiger partial charge in [-0.3, -0.25) is 0 Å². The summed E-state index contributed by atoms with van der Waals surface area (Å²) in [5.41, 5.74) is -39.8. The summed E-state index contributed by atoms with van der Waals surface area (Å²) in [6.45, 7) is 3.45. The second-order valence-corrected chi connectivity index (χ2v) is 21.2. The highest BCUT2D eigenvalue weighted by atomic mass is 16.6. The molecular weight excluding hydrogens is 1300 g/mol. The van der Waals surface area contributed by atoms with Gasteiger partial charge in [0.05, 0.1) is 120 Å². The molecule has 0 saturated carbocycles. The summed E-state index contributed by atoms with van der Waals surface area (Å²) < 4.78 is 25.7. The van der Waals surface area contributed by atoms with E-state index >= 15 is 14.4 Å². The molecule has 3 rings (SSSR count). The van der Waals surface area contributed by atoms with Crippen molar-refractivity contribution in [3.63, 3.8) is 0 Å². The van der Waals surface area contributed by atoms with Crippen molar-refractivity contribution in [2.75, 3.05) is 19.8 Å². The first-order chi connectivity index (χ1) is 45.7. The van der Waals surface area contributed by atoms with Crippen LogP contribution in [0.4, 0.5) is 0 Å². The van der Waals surface area contributed by atoms with E-state index in [0.29, 0.717) is 44.9 Å². The third-order valence-electron chi connectivity index (χ3n) is 14.6. The molecule has 0 aliphatic heterocycles. The first-order valence-electron chi connectivity index (χ1n) is 30.1. The van der Waals surface area contributed by atoms with Crippen molar-refractivity contribution in [2.45, 2.75) is 156 Å². The van der Waals surface area contributed by atoms with Gasteiger partial charge in [0.25, 0.3) is 0 Å². The molecule has 34 nitrogen and oxygen atoms in total. The van der Waals surface area contributed by atoms with Gasteiger partial charge in [-0.15, -0.1) is 0 Å². The van der Waals surface area contributed by atoms with E-state index in [1.807, 2.05) is 13.8 Å². The number of ether oxygens (including phenoxy) is 5. The highest BCUT2D eigenvalue weighted by Gasteiger charge is 2.48. The van der Waals surface area contributed by atoms with Crippen molar-refractivity contribution >= 4 is 107 Å². The Hall–Kier alpha value is -11.5. The Morgan fingerprint density at radius 3 is 0.495 bits per heavy atom. The lowest BCUT2D eigenvalue weighted by Crippen LogP contribution is -2.33. The summed E-state index contributed by atoms with van der Waals surface area (Å²) in [6, 6.07) is 0. The standard InChI is InChI=1S/C63H68O34/c1-4-7-10-13-15-16-18-21-24-26-93-57(86)41-38(56(84)85)42(62(91)96-60(89)39-34(52(76)77)30(48(68)69)28(46(64)65)31(49(70)71)35(39)53(78)79)45(44(59(88)95-25-22-19-12-9-6-3)43(41)58(87)94-27-23-20-17-14-11-8-5-2)63(92)97-61(90)40-36(54(80)81)32(50(72)73)29(47(66)67)33(51(74)75)37(40)55(82)83/h4-27H2,1-3H3,(H,64,65)(H,66,67)(H,68,69)(H,70,71)(H,72,73)(H,74,75)(H,76,77)(H,78,79)(H,80,81)(H,82,83)(H,84,85). The molecule has 524 valence electrons. The SMILES string of the molecule is CCCCCCCCCCCOC(=O)c1c(C(=O)O)c(C(=O)OC(=O)c2c(C(=O)O)c(C(=O)O)c(C(=O)O)c(C(=O)O)c2C(=O)O)c(C(=O)OC(=O)c2c(C(=O)O)c(C(=O)O)c(C(=O)O)c(C(=O)O)c2C(=O)O)c(C(=O)OCCCCCCC)c1C(=O)OCCCCCCCCC. The smallest absolute Gasteiger partial charge is 0.347 e. The van der Waals surface area contributed by atoms with Crippen molar-refractivity contribution in [3.05, 3.63) is 100 Å². The van der Waals surface area contributed by atoms with Crippen molar-refractivity contribution in [1.29, 1.82) is 0 Å². The zero-order chi connectivity index (χ0) is 73.3. The Balaban J connectivity index is 2.87. The fourth-order valence-electron chi connectivity index (χ4n) is 10.3. The Morgan fingerprint density at radius 2 is 0.309 bits per heavy atom. The minimum atomic E-state index is -2.99. The second kappa shape index (κ2) is 37.4. The van der Waals surface area contributed by atoms with Crippen LogP contribution in [0.15, 0.2) is 0 Å². The van der Waals surface area contributed by atoms with Crippen LogP contribution in [0.25, 0.3) is 0 Å². The van der Waals surface area contributed by atoms with E-state index < -0.39 is 227 Å². The summed E-state index contributed by atoms with van der Waals surface area (Å²) in [5, 5.41) is 113. The molecule has 0 bridgehead atoms. The van der Waals surface area contributed by atoms with Gasteiger partial charge in [-0.25, -0.2) is 86.3 Å². The van der Waals surface area contributed by atoms with Gasteiger partial charge in [-0.05, 0) is 19.3 Å². The van der Waals surface area contributed by atoms with Gasteiger partial charge in [0.2, 0.25) is 0 Å². The lowest BCUT2D eigenvalue weighted by Gasteiger charge is -2.22. The maximum Gasteiger partial charge on any atom is 0.347 e. The molecule has 0 aliphatic rings. The monoisotopic (exact) mass is 1370 g/mol. The highest BCUT2D eigenvalue weighted by molar-refractivity contribution is 6.29. The zero-order valence-electron chi connectivity index (χ0n) is 52.3. The zero-order valence-corrected chi connectivity index (χ0v) is 52.3. The quantitative estimate of drug-likeness (QED) is 0.0109. The number of carboxylic acids is 11. The number of esters is 7. The molecule has 0 radical (unpaired) electrons. The van der Waals surface area contributed by atoms with Gasteiger partial charge in [-0.2, -0.15) is 0 Å². The van der Waals surface area contributed by atoms with Crippen molar-refractivity contribution in [3.8, 4) is 0 Å². The van der Waals surface area contributed by atoms with E-state index in [9.17, 15) is 128 Å². The molecule has 97 heavy (non-hydrogen) atoms. The fourth-order valence-corrected chi connectivity index (χ4v) is 10.3. The summed E-state index contributed by atoms with van der Waals surface area (Å²) in [5.74, 6) is -48.5. The fraction of sp³-hybridized carbons (Fsp3) is 0.429. The average Bonchev–Trinajstić information content (AvgIpc) is 0.741. The molecule has 0 atom stereocenters. The van der Waals surface area contributed by atoms with Gasteiger partial charge in [-0.1, -0.05) is 136 Å². The van der Waals surface area contributed by atoms with Crippen molar-refractivity contribution in [1.82, 2.24) is 0 Å². The van der Waals surface area contributed by atoms with E-state index in [1.54, 1.807) is 6.92 Å². The number of hydrogen-bond donors (Lipinski definition) is 11. The molecule has 3 aromatic carbocycles. The van der Waals surface area contributed by atoms with Gasteiger partial charge >= 0.3 is 107 Å². The number of rotatable bonds is 42. The van der Waals surface area contributed by atoms with Crippen LogP contribution < -0.4 is 0 Å². The molecule has 0 saturated heterocycles. The Bertz CT molecular complexity index is 3610. The maximum absolute atomic E-state index is 15.3. The second-order valence-electron chi connectivity index (χ2n) is 21.2. The predicted molar refractivity (Wildman–Crippen MR) is 320 cm³/mol. The van der Waals surface area contributed by atoms with Crippen LogP contribution in [0, 0.1) is 0 Å². The predicted octanol–water partition coefficient (Wildman–Crippen LogP) is 9.08. The van der Waals surface area contributed by atoms with Crippen LogP contribution in [0.5, 0.6) is 0 Å². The van der Waals surface area contributed by atoms with E-state index in [0.717, 1.165) is 51.4 Å². The van der Waals surface area contributed by atoms with Gasteiger partial charge in [0, 0.05) is 0 Å². The van der Waals surface area contributed by atoms with Crippen LogP contribution in [0.1, 0.15) is 342 Å². The molecule has 0 fully saturated rings. The molecule has 0 heterocycles. The number of unbranched alkanes of at least 4 members (excludes halogenated alkanes) is 18.